The minimum atomic E-state index is -1.06. The van der Waals surface area contributed by atoms with Gasteiger partial charge in [0.1, 0.15) is 28.9 Å². The number of aromatic nitrogens is 2. The highest BCUT2D eigenvalue weighted by molar-refractivity contribution is 6.24. The Morgan fingerprint density at radius 1 is 0.500 bits per heavy atom. The van der Waals surface area contributed by atoms with E-state index in [-0.39, 0.29) is 24.7 Å². The van der Waals surface area contributed by atoms with E-state index in [9.17, 15) is 28.8 Å². The fourth-order valence-electron chi connectivity index (χ4n) is 6.70. The highest BCUT2D eigenvalue weighted by Gasteiger charge is 2.29. The maximum atomic E-state index is 12.8. The summed E-state index contributed by atoms with van der Waals surface area (Å²) in [6, 6.07) is 35.8. The lowest BCUT2D eigenvalue weighted by Gasteiger charge is -2.15. The van der Waals surface area contributed by atoms with Gasteiger partial charge in [-0.05, 0) is 119 Å². The van der Waals surface area contributed by atoms with Gasteiger partial charge in [-0.25, -0.2) is 0 Å². The van der Waals surface area contributed by atoms with E-state index in [1.807, 2.05) is 48.5 Å². The summed E-state index contributed by atoms with van der Waals surface area (Å²) in [5.74, 6) is -2.81. The van der Waals surface area contributed by atoms with E-state index in [1.54, 1.807) is 138 Å². The largest absolute Gasteiger partial charge is 0.468 e. The molecule has 4 aromatic carbocycles. The number of carbonyl (C=O) groups is 6. The Kier molecular flexibility index (Phi) is 18.8. The highest BCUT2D eigenvalue weighted by Crippen LogP contribution is 2.29. The maximum Gasteiger partial charge on any atom is 0.320 e. The SMILES string of the molecule is CN(C)C(=O)/C(=C/c1cccnc1)c1ccc(Oc2ccc(CC(C(N)=O)C(N)=O)cc2)cc1.COC(=O)C(Cc1ccc(Oc2ccc(/C(=C\c3cccnc3)C(=O)N(C)C)cc2)cc1)C(=O)OC. The number of methoxy groups -OCH3 is 2. The Balaban J connectivity index is 0.000000261. The van der Waals surface area contributed by atoms with E-state index in [0.717, 1.165) is 33.4 Å². The number of rotatable bonds is 18. The first kappa shape index (κ1) is 52.1. The van der Waals surface area contributed by atoms with Crippen LogP contribution < -0.4 is 20.9 Å². The fraction of sp³-hybridized carbons (Fsp3) is 0.185. The van der Waals surface area contributed by atoms with E-state index in [1.165, 1.54) is 24.0 Å². The van der Waals surface area contributed by atoms with Crippen LogP contribution in [0.15, 0.2) is 146 Å². The van der Waals surface area contributed by atoms with E-state index < -0.39 is 35.6 Å². The third-order valence-corrected chi connectivity index (χ3v) is 10.5. The number of primary amides is 2. The van der Waals surface area contributed by atoms with E-state index >= 15 is 0 Å². The van der Waals surface area contributed by atoms with Crippen LogP contribution >= 0.6 is 0 Å². The molecule has 16 heteroatoms. The van der Waals surface area contributed by atoms with Crippen LogP contribution in [0.2, 0.25) is 0 Å². The van der Waals surface area contributed by atoms with Crippen molar-refractivity contribution in [3.63, 3.8) is 0 Å². The molecule has 0 aliphatic carbocycles. The monoisotopic (exact) mass is 946 g/mol. The van der Waals surface area contributed by atoms with Crippen molar-refractivity contribution in [2.75, 3.05) is 42.4 Å². The van der Waals surface area contributed by atoms with Gasteiger partial charge in [0.25, 0.3) is 11.8 Å². The smallest absolute Gasteiger partial charge is 0.320 e. The minimum absolute atomic E-state index is 0.125. The molecule has 0 bridgehead atoms. The Morgan fingerprint density at radius 3 is 1.11 bits per heavy atom. The Hall–Kier alpha value is -8.92. The standard InChI is InChI=1S/C28H28N2O6.C26H26N4O4/c1-30(2)26(31)24(17-20-6-5-15-29-18-20)21-9-13-23(14-10-21)36-22-11-7-19(8-12-22)16-25(27(32)34-3)28(33)35-4;1-30(2)26(33)22(15-18-4-3-13-29-16-18)19-7-11-21(12-8-19)34-20-9-5-17(6-10-20)14-23(24(27)31)25(28)32/h5-15,17-18,25H,16H2,1-4H3;3-13,15-16,23H,14H2,1-2H3,(H2,27,31)(H2,28,32)/b24-17+;22-15+. The topological polar surface area (TPSA) is 224 Å². The molecular formula is C54H54N6O10. The van der Waals surface area contributed by atoms with Crippen molar-refractivity contribution in [1.82, 2.24) is 19.8 Å². The molecule has 16 nitrogen and oxygen atoms in total. The minimum Gasteiger partial charge on any atom is -0.468 e. The first-order chi connectivity index (χ1) is 33.6. The predicted octanol–water partition coefficient (Wildman–Crippen LogP) is 6.64. The van der Waals surface area contributed by atoms with Crippen LogP contribution in [0.1, 0.15) is 33.4 Å². The molecule has 0 aliphatic rings. The Bertz CT molecular complexity index is 2770. The summed E-state index contributed by atoms with van der Waals surface area (Å²) in [7, 11) is 9.28. The average Bonchev–Trinajstić information content (AvgIpc) is 3.37. The molecule has 4 amide bonds. The number of esters is 2. The number of hydrogen-bond donors (Lipinski definition) is 2. The van der Waals surface area contributed by atoms with Crippen molar-refractivity contribution in [2.45, 2.75) is 12.8 Å². The first-order valence-corrected chi connectivity index (χ1v) is 21.7. The summed E-state index contributed by atoms with van der Waals surface area (Å²) in [5, 5.41) is 0. The van der Waals surface area contributed by atoms with Gasteiger partial charge in [-0.3, -0.25) is 38.7 Å². The Morgan fingerprint density at radius 2 is 0.829 bits per heavy atom. The summed E-state index contributed by atoms with van der Waals surface area (Å²) < 4.78 is 21.2. The molecule has 70 heavy (non-hydrogen) atoms. The zero-order valence-corrected chi connectivity index (χ0v) is 39.6. The van der Waals surface area contributed by atoms with Gasteiger partial charge in [0, 0.05) is 64.1 Å². The second kappa shape index (κ2) is 25.3. The van der Waals surface area contributed by atoms with E-state index in [2.05, 4.69) is 9.97 Å². The van der Waals surface area contributed by atoms with Crippen molar-refractivity contribution in [3.05, 3.63) is 179 Å². The van der Waals surface area contributed by atoms with Crippen LogP contribution in [-0.4, -0.2) is 97.7 Å². The van der Waals surface area contributed by atoms with Gasteiger partial charge < -0.3 is 40.2 Å². The molecule has 0 aliphatic heterocycles. The quantitative estimate of drug-likeness (QED) is 0.0526. The molecule has 6 aromatic rings. The number of pyridine rings is 2. The van der Waals surface area contributed by atoms with Crippen molar-refractivity contribution < 1.29 is 47.7 Å². The van der Waals surface area contributed by atoms with E-state index in [0.29, 0.717) is 34.1 Å². The molecule has 0 saturated heterocycles. The second-order valence-electron chi connectivity index (χ2n) is 16.0. The normalized spacial score (nSPS) is 11.1. The van der Waals surface area contributed by atoms with Gasteiger partial charge in [0.05, 0.1) is 14.2 Å². The summed E-state index contributed by atoms with van der Waals surface area (Å²) in [6.45, 7) is 0. The van der Waals surface area contributed by atoms with Crippen LogP contribution in [0.25, 0.3) is 23.3 Å². The number of likely N-dealkylation sites (N-methyl/N-ethyl adjacent to an activating group) is 2. The molecule has 2 heterocycles. The zero-order chi connectivity index (χ0) is 50.7. The maximum absolute atomic E-state index is 12.8. The zero-order valence-electron chi connectivity index (χ0n) is 39.6. The number of carbonyl (C=O) groups excluding carboxylic acids is 6. The molecule has 0 saturated carbocycles. The summed E-state index contributed by atoms with van der Waals surface area (Å²) in [6.07, 6.45) is 10.6. The molecule has 0 radical (unpaired) electrons. The van der Waals surface area contributed by atoms with Crippen molar-refractivity contribution in [2.24, 2.45) is 23.3 Å². The van der Waals surface area contributed by atoms with Crippen LogP contribution in [0.3, 0.4) is 0 Å². The summed E-state index contributed by atoms with van der Waals surface area (Å²) in [4.78, 5) is 83.4. The van der Waals surface area contributed by atoms with Gasteiger partial charge in [0.15, 0.2) is 5.92 Å². The fourth-order valence-corrected chi connectivity index (χ4v) is 6.70. The number of nitrogens with two attached hydrogens (primary N) is 2. The van der Waals surface area contributed by atoms with Gasteiger partial charge in [-0.2, -0.15) is 0 Å². The first-order valence-electron chi connectivity index (χ1n) is 21.7. The average molecular weight is 947 g/mol. The van der Waals surface area contributed by atoms with Crippen molar-refractivity contribution in [3.8, 4) is 23.0 Å². The van der Waals surface area contributed by atoms with Crippen LogP contribution in [0, 0.1) is 11.8 Å². The van der Waals surface area contributed by atoms with Crippen LogP contribution in [0.4, 0.5) is 0 Å². The predicted molar refractivity (Wildman–Crippen MR) is 264 cm³/mol. The van der Waals surface area contributed by atoms with Gasteiger partial charge in [0.2, 0.25) is 11.8 Å². The lowest BCUT2D eigenvalue weighted by Crippen LogP contribution is -2.36. The molecule has 0 atom stereocenters. The molecule has 2 aromatic heterocycles. The molecule has 360 valence electrons. The molecule has 0 fully saturated rings. The number of nitrogens with zero attached hydrogens (tertiary/aromatic N) is 4. The van der Waals surface area contributed by atoms with Crippen LogP contribution in [0.5, 0.6) is 23.0 Å². The van der Waals surface area contributed by atoms with Crippen LogP contribution in [-0.2, 0) is 51.1 Å². The third-order valence-electron chi connectivity index (χ3n) is 10.5. The van der Waals surface area contributed by atoms with Gasteiger partial charge in [-0.1, -0.05) is 60.7 Å². The van der Waals surface area contributed by atoms with Gasteiger partial charge in [-0.15, -0.1) is 0 Å². The van der Waals surface area contributed by atoms with E-state index in [4.69, 9.17) is 30.4 Å². The highest BCUT2D eigenvalue weighted by atomic mass is 16.5. The molecule has 6 rings (SSSR count). The number of ether oxygens (including phenoxy) is 4. The second-order valence-corrected chi connectivity index (χ2v) is 16.0. The number of benzene rings is 4. The van der Waals surface area contributed by atoms with Crippen molar-refractivity contribution >= 4 is 58.9 Å². The number of hydrogen-bond acceptors (Lipinski definition) is 12. The summed E-state index contributed by atoms with van der Waals surface area (Å²) in [5.41, 5.74) is 16.2. The van der Waals surface area contributed by atoms with Crippen molar-refractivity contribution in [1.29, 1.82) is 0 Å². The third kappa shape index (κ3) is 15.0. The molecule has 4 N–H and O–H groups in total. The van der Waals surface area contributed by atoms with Gasteiger partial charge >= 0.3 is 11.9 Å². The molecule has 0 spiro atoms. The Labute approximate surface area is 406 Å². The number of amides is 4. The lowest BCUT2D eigenvalue weighted by atomic mass is 9.98. The molecule has 0 unspecified atom stereocenters. The molecular weight excluding hydrogens is 893 g/mol. The lowest BCUT2D eigenvalue weighted by molar-refractivity contribution is -0.158. The summed E-state index contributed by atoms with van der Waals surface area (Å²) >= 11 is 0.